The minimum Gasteiger partial charge on any atom is -0.443 e. The van der Waals surface area contributed by atoms with E-state index in [4.69, 9.17) is 8.85 Å². The Hall–Kier alpha value is -1.29. The van der Waals surface area contributed by atoms with Crippen LogP contribution in [0.4, 0.5) is 48.7 Å². The molecule has 5 nitrogen and oxygen atoms in total. The van der Waals surface area contributed by atoms with Crippen molar-refractivity contribution in [1.82, 2.24) is 5.32 Å². The number of alkyl carbamates (subject to hydrolysis) is 1. The van der Waals surface area contributed by atoms with E-state index >= 15 is 0 Å². The van der Waals surface area contributed by atoms with Crippen molar-refractivity contribution < 1.29 is 62.3 Å². The van der Waals surface area contributed by atoms with Crippen molar-refractivity contribution in [2.24, 2.45) is 0 Å². The van der Waals surface area contributed by atoms with Crippen LogP contribution < -0.4 is 5.32 Å². The maximum Gasteiger partial charge on any atom is 0.407 e. The maximum atomic E-state index is 13.3. The highest BCUT2D eigenvalue weighted by atomic mass is 28.4. The molecule has 0 rings (SSSR count). The molecule has 0 radical (unpaired) electrons. The van der Waals surface area contributed by atoms with Gasteiger partial charge in [0.05, 0.1) is 0 Å². The molecule has 0 aromatic rings. The summed E-state index contributed by atoms with van der Waals surface area (Å²) in [5.41, 5.74) is 0. The van der Waals surface area contributed by atoms with Crippen molar-refractivity contribution in [1.29, 1.82) is 0 Å². The van der Waals surface area contributed by atoms with Gasteiger partial charge in [-0.1, -0.05) is 0 Å². The Balaban J connectivity index is 4.87. The molecule has 0 fully saturated rings. The lowest BCUT2D eigenvalue weighted by Crippen LogP contribution is -2.65. The molecule has 0 bridgehead atoms. The second kappa shape index (κ2) is 9.68. The van der Waals surface area contributed by atoms with Crippen LogP contribution in [-0.4, -0.2) is 72.1 Å². The molecule has 0 atom stereocenters. The first kappa shape index (κ1) is 27.7. The quantitative estimate of drug-likeness (QED) is 0.262. The van der Waals surface area contributed by atoms with Crippen LogP contribution in [0.1, 0.15) is 6.42 Å². The Morgan fingerprint density at radius 3 is 1.86 bits per heavy atom. The molecule has 29 heavy (non-hydrogen) atoms. The lowest BCUT2D eigenvalue weighted by Gasteiger charge is -2.36. The Bertz CT molecular complexity index is 546. The third kappa shape index (κ3) is 6.10. The van der Waals surface area contributed by atoms with Crippen molar-refractivity contribution >= 4 is 14.7 Å². The van der Waals surface area contributed by atoms with Gasteiger partial charge in [0.25, 0.3) is 0 Å². The highest BCUT2D eigenvalue weighted by molar-refractivity contribution is 6.65. The van der Waals surface area contributed by atoms with Crippen LogP contribution in [0, 0.1) is 0 Å². The van der Waals surface area contributed by atoms with Crippen LogP contribution in [0.15, 0.2) is 0 Å². The van der Waals surface area contributed by atoms with E-state index in [1.807, 2.05) is 5.32 Å². The number of hydrogen-bond acceptors (Lipinski definition) is 4. The lowest BCUT2D eigenvalue weighted by molar-refractivity contribution is -0.386. The summed E-state index contributed by atoms with van der Waals surface area (Å²) in [5.74, 6) is -26.9. The predicted octanol–water partition coefficient (Wildman–Crippen LogP) is 4.27. The Morgan fingerprint density at radius 2 is 1.45 bits per heavy atom. The molecular formula is C13H19F10NO4Si. The average molecular weight is 471 g/mol. The van der Waals surface area contributed by atoms with E-state index in [9.17, 15) is 48.7 Å². The van der Waals surface area contributed by atoms with Gasteiger partial charge in [0.1, 0.15) is 0 Å². The number of amides is 1. The van der Waals surface area contributed by atoms with Gasteiger partial charge < -0.3 is 18.9 Å². The SMILES string of the molecule is CO[Si](C)(CCCNC(=O)OCC(F)(F)C(F)(F)C(F)(F)C(F)(F)C(F)F)OC. The number of alkyl halides is 10. The molecular weight excluding hydrogens is 452 g/mol. The van der Waals surface area contributed by atoms with Gasteiger partial charge in [-0.3, -0.25) is 0 Å². The monoisotopic (exact) mass is 471 g/mol. The largest absolute Gasteiger partial charge is 0.443 e. The van der Waals surface area contributed by atoms with Gasteiger partial charge in [-0.05, 0) is 19.0 Å². The van der Waals surface area contributed by atoms with Crippen molar-refractivity contribution in [2.45, 2.75) is 49.1 Å². The van der Waals surface area contributed by atoms with E-state index in [0.29, 0.717) is 6.04 Å². The first-order chi connectivity index (χ1) is 12.9. The number of rotatable bonds is 12. The fraction of sp³-hybridized carbons (Fsp3) is 0.923. The normalized spacial score (nSPS) is 14.3. The summed E-state index contributed by atoms with van der Waals surface area (Å²) in [7, 11) is 0.218. The van der Waals surface area contributed by atoms with E-state index in [-0.39, 0.29) is 13.0 Å². The molecule has 0 aliphatic heterocycles. The first-order valence-electron chi connectivity index (χ1n) is 7.72. The zero-order valence-electron chi connectivity index (χ0n) is 15.3. The minimum atomic E-state index is -7.13. The van der Waals surface area contributed by atoms with Gasteiger partial charge in [0.15, 0.2) is 6.61 Å². The highest BCUT2D eigenvalue weighted by Crippen LogP contribution is 2.54. The van der Waals surface area contributed by atoms with E-state index < -0.39 is 51.4 Å². The number of nitrogens with one attached hydrogen (secondary N) is 1. The predicted molar refractivity (Wildman–Crippen MR) is 80.2 cm³/mol. The fourth-order valence-corrected chi connectivity index (χ4v) is 3.16. The Labute approximate surface area is 159 Å². The van der Waals surface area contributed by atoms with Gasteiger partial charge in [0, 0.05) is 20.8 Å². The van der Waals surface area contributed by atoms with Gasteiger partial charge in [0.2, 0.25) is 0 Å². The zero-order chi connectivity index (χ0) is 23.3. The van der Waals surface area contributed by atoms with Gasteiger partial charge in [-0.15, -0.1) is 0 Å². The molecule has 0 aliphatic rings. The average Bonchev–Trinajstić information content (AvgIpc) is 2.62. The molecule has 0 saturated heterocycles. The van der Waals surface area contributed by atoms with Crippen LogP contribution in [0.5, 0.6) is 0 Å². The third-order valence-electron chi connectivity index (χ3n) is 3.87. The van der Waals surface area contributed by atoms with Crippen LogP contribution in [0.3, 0.4) is 0 Å². The minimum absolute atomic E-state index is 0.171. The highest BCUT2D eigenvalue weighted by Gasteiger charge is 2.83. The molecule has 0 unspecified atom stereocenters. The van der Waals surface area contributed by atoms with Crippen molar-refractivity contribution in [3.8, 4) is 0 Å². The summed E-state index contributed by atoms with van der Waals surface area (Å²) in [4.78, 5) is 11.2. The second-order valence-electron chi connectivity index (χ2n) is 5.93. The molecule has 0 saturated carbocycles. The smallest absolute Gasteiger partial charge is 0.407 e. The third-order valence-corrected chi connectivity index (χ3v) is 6.86. The fourth-order valence-electron chi connectivity index (χ4n) is 1.76. The molecule has 0 heterocycles. The second-order valence-corrected chi connectivity index (χ2v) is 9.51. The van der Waals surface area contributed by atoms with Crippen LogP contribution in [-0.2, 0) is 13.6 Å². The van der Waals surface area contributed by atoms with Crippen molar-refractivity contribution in [2.75, 3.05) is 27.4 Å². The molecule has 1 amide bonds. The van der Waals surface area contributed by atoms with E-state index in [1.54, 1.807) is 6.55 Å². The van der Waals surface area contributed by atoms with Crippen LogP contribution in [0.2, 0.25) is 12.6 Å². The summed E-state index contributed by atoms with van der Waals surface area (Å²) in [6.07, 6.45) is -6.93. The number of hydrogen-bond donors (Lipinski definition) is 1. The topological polar surface area (TPSA) is 56.8 Å². The summed E-state index contributed by atoms with van der Waals surface area (Å²) >= 11 is 0. The van der Waals surface area contributed by atoms with Crippen molar-refractivity contribution in [3.05, 3.63) is 0 Å². The van der Waals surface area contributed by atoms with E-state index in [1.165, 1.54) is 14.2 Å². The van der Waals surface area contributed by atoms with E-state index in [0.717, 1.165) is 0 Å². The standard InChI is InChI=1S/C13H19F10NO4Si/c1-26-29(3,27-2)6-4-5-24-9(25)28-7-10(16,17)12(20,21)13(22,23)11(18,19)8(14)15/h8H,4-7H2,1-3H3,(H,24,25). The molecule has 0 aromatic heterocycles. The van der Waals surface area contributed by atoms with Gasteiger partial charge >= 0.3 is 44.8 Å². The number of ether oxygens (including phenoxy) is 1. The summed E-state index contributed by atoms with van der Waals surface area (Å²) < 4.78 is 142. The first-order valence-corrected chi connectivity index (χ1v) is 10.2. The molecule has 1 N–H and O–H groups in total. The van der Waals surface area contributed by atoms with Crippen LogP contribution >= 0.6 is 0 Å². The lowest BCUT2D eigenvalue weighted by atomic mass is 9.99. The maximum absolute atomic E-state index is 13.3. The molecule has 174 valence electrons. The summed E-state index contributed by atoms with van der Waals surface area (Å²) in [6, 6.07) is 0.309. The Morgan fingerprint density at radius 1 is 0.966 bits per heavy atom. The molecule has 0 aromatic carbocycles. The number of carbonyl (C=O) groups excluding carboxylic acids is 1. The van der Waals surface area contributed by atoms with Crippen molar-refractivity contribution in [3.63, 3.8) is 0 Å². The summed E-state index contributed by atoms with van der Waals surface area (Å²) in [5, 5.41) is 1.83. The summed E-state index contributed by atoms with van der Waals surface area (Å²) in [6.45, 7) is -1.34. The van der Waals surface area contributed by atoms with Gasteiger partial charge in [-0.2, -0.15) is 35.1 Å². The molecule has 0 aliphatic carbocycles. The zero-order valence-corrected chi connectivity index (χ0v) is 16.3. The number of carbonyl (C=O) groups is 1. The molecule has 16 heteroatoms. The molecule has 0 spiro atoms. The van der Waals surface area contributed by atoms with Crippen LogP contribution in [0.25, 0.3) is 0 Å². The van der Waals surface area contributed by atoms with E-state index in [2.05, 4.69) is 4.74 Å². The number of halogens is 10. The Kier molecular flexibility index (Phi) is 9.25. The van der Waals surface area contributed by atoms with Gasteiger partial charge in [-0.25, -0.2) is 13.6 Å².